The predicted octanol–water partition coefficient (Wildman–Crippen LogP) is 4.15. The van der Waals surface area contributed by atoms with Gasteiger partial charge in [0.05, 0.1) is 6.33 Å². The number of hydrogen-bond donors (Lipinski definition) is 1. The third kappa shape index (κ3) is 4.12. The Labute approximate surface area is 174 Å². The minimum atomic E-state index is -0.364. The fourth-order valence-electron chi connectivity index (χ4n) is 2.89. The molecule has 0 fully saturated rings. The number of carbonyl (C=O) groups is 1. The van der Waals surface area contributed by atoms with Gasteiger partial charge in [0.2, 0.25) is 5.91 Å². The molecule has 0 atom stereocenters. The van der Waals surface area contributed by atoms with Gasteiger partial charge >= 0.3 is 0 Å². The van der Waals surface area contributed by atoms with Crippen LogP contribution >= 0.6 is 15.9 Å². The summed E-state index contributed by atoms with van der Waals surface area (Å²) < 4.78 is 7.55. The molecule has 7 nitrogen and oxygen atoms in total. The first kappa shape index (κ1) is 19.1. The van der Waals surface area contributed by atoms with Gasteiger partial charge in [0.1, 0.15) is 11.2 Å². The van der Waals surface area contributed by atoms with Crippen molar-refractivity contribution in [1.29, 1.82) is 0 Å². The van der Waals surface area contributed by atoms with Gasteiger partial charge in [-0.2, -0.15) is 0 Å². The first-order chi connectivity index (χ1) is 14.0. The summed E-state index contributed by atoms with van der Waals surface area (Å²) in [7, 11) is 0. The van der Waals surface area contributed by atoms with Crippen molar-refractivity contribution in [1.82, 2.24) is 14.7 Å². The van der Waals surface area contributed by atoms with Crippen molar-refractivity contribution in [3.63, 3.8) is 0 Å². The topological polar surface area (TPSA) is 90.0 Å². The summed E-state index contributed by atoms with van der Waals surface area (Å²) in [6.07, 6.45) is 1.55. The number of rotatable bonds is 5. The van der Waals surface area contributed by atoms with Crippen molar-refractivity contribution in [2.75, 3.05) is 5.32 Å². The molecule has 0 bridgehead atoms. The van der Waals surface area contributed by atoms with Crippen molar-refractivity contribution < 1.29 is 9.32 Å². The molecule has 1 amide bonds. The van der Waals surface area contributed by atoms with Crippen LogP contribution in [0.5, 0.6) is 0 Å². The Hall–Kier alpha value is -3.26. The molecule has 0 saturated carbocycles. The maximum Gasteiger partial charge on any atom is 0.299 e. The average Bonchev–Trinajstić information content (AvgIpc) is 3.15. The molecule has 2 heterocycles. The third-order valence-corrected chi connectivity index (χ3v) is 5.01. The van der Waals surface area contributed by atoms with Gasteiger partial charge in [0, 0.05) is 28.7 Å². The van der Waals surface area contributed by atoms with Crippen LogP contribution in [0.3, 0.4) is 0 Å². The van der Waals surface area contributed by atoms with Crippen LogP contribution in [0.15, 0.2) is 68.6 Å². The quantitative estimate of drug-likeness (QED) is 0.491. The molecule has 2 aromatic carbocycles. The Morgan fingerprint density at radius 3 is 2.59 bits per heavy atom. The van der Waals surface area contributed by atoms with E-state index in [0.29, 0.717) is 16.9 Å². The smallest absolute Gasteiger partial charge is 0.299 e. The normalized spacial score (nSPS) is 11.0. The van der Waals surface area contributed by atoms with E-state index in [2.05, 4.69) is 31.4 Å². The van der Waals surface area contributed by atoms with E-state index >= 15 is 0 Å². The van der Waals surface area contributed by atoms with Crippen molar-refractivity contribution in [2.24, 2.45) is 0 Å². The lowest BCUT2D eigenvalue weighted by atomic mass is 10.1. The summed E-state index contributed by atoms with van der Waals surface area (Å²) in [5, 5.41) is 6.82. The van der Waals surface area contributed by atoms with Crippen LogP contribution in [0, 0.1) is 6.92 Å². The summed E-state index contributed by atoms with van der Waals surface area (Å²) in [4.78, 5) is 29.2. The van der Waals surface area contributed by atoms with E-state index in [1.165, 1.54) is 10.9 Å². The van der Waals surface area contributed by atoms with Crippen molar-refractivity contribution in [3.05, 3.63) is 75.2 Å². The Morgan fingerprint density at radius 1 is 1.14 bits per heavy atom. The molecular weight excluding hydrogens is 436 g/mol. The van der Waals surface area contributed by atoms with Gasteiger partial charge < -0.3 is 9.84 Å². The standard InChI is InChI=1S/C21H17BrN4O3/c1-13-2-4-14(5-3-13)18-19-20(29-25-18)21(28)26(12-23-19)11-10-17(27)24-16-8-6-15(22)7-9-16/h2-9,12H,10-11H2,1H3,(H,24,27). The van der Waals surface area contributed by atoms with Crippen LogP contribution in [0.4, 0.5) is 5.69 Å². The number of carbonyl (C=O) groups excluding carboxylic acids is 1. The number of amides is 1. The summed E-state index contributed by atoms with van der Waals surface area (Å²) in [6, 6.07) is 15.0. The lowest BCUT2D eigenvalue weighted by Crippen LogP contribution is -2.23. The van der Waals surface area contributed by atoms with Crippen molar-refractivity contribution in [3.8, 4) is 11.3 Å². The van der Waals surface area contributed by atoms with E-state index in [4.69, 9.17) is 4.52 Å². The van der Waals surface area contributed by atoms with Gasteiger partial charge in [-0.1, -0.05) is 50.9 Å². The molecule has 0 aliphatic carbocycles. The number of aryl methyl sites for hydroxylation is 2. The first-order valence-corrected chi connectivity index (χ1v) is 9.78. The summed E-state index contributed by atoms with van der Waals surface area (Å²) in [6.45, 7) is 2.18. The minimum Gasteiger partial charge on any atom is -0.348 e. The van der Waals surface area contributed by atoms with Crippen molar-refractivity contribution >= 4 is 38.6 Å². The number of nitrogens with one attached hydrogen (secondary N) is 1. The molecule has 4 aromatic rings. The zero-order valence-corrected chi connectivity index (χ0v) is 17.1. The highest BCUT2D eigenvalue weighted by Crippen LogP contribution is 2.24. The van der Waals surface area contributed by atoms with Crippen LogP contribution in [0.25, 0.3) is 22.4 Å². The Bertz CT molecular complexity index is 1230. The molecule has 1 N–H and O–H groups in total. The number of anilines is 1. The number of aromatic nitrogens is 3. The molecule has 8 heteroatoms. The Morgan fingerprint density at radius 2 is 1.86 bits per heavy atom. The third-order valence-electron chi connectivity index (χ3n) is 4.48. The van der Waals surface area contributed by atoms with E-state index in [0.717, 1.165) is 15.6 Å². The Kier molecular flexibility index (Phi) is 5.26. The predicted molar refractivity (Wildman–Crippen MR) is 114 cm³/mol. The molecule has 0 aliphatic rings. The van der Waals surface area contributed by atoms with E-state index in [9.17, 15) is 9.59 Å². The lowest BCUT2D eigenvalue weighted by molar-refractivity contribution is -0.116. The van der Waals surface area contributed by atoms with Gasteiger partial charge in [-0.25, -0.2) is 4.98 Å². The van der Waals surface area contributed by atoms with E-state index in [1.54, 1.807) is 12.1 Å². The summed E-state index contributed by atoms with van der Waals surface area (Å²) >= 11 is 3.35. The van der Waals surface area contributed by atoms with E-state index in [-0.39, 0.29) is 30.0 Å². The van der Waals surface area contributed by atoms with Gasteiger partial charge in [-0.15, -0.1) is 0 Å². The van der Waals surface area contributed by atoms with Crippen molar-refractivity contribution in [2.45, 2.75) is 19.9 Å². The van der Waals surface area contributed by atoms with Gasteiger partial charge in [-0.05, 0) is 31.2 Å². The zero-order chi connectivity index (χ0) is 20.4. The summed E-state index contributed by atoms with van der Waals surface area (Å²) in [5.41, 5.74) is 3.29. The minimum absolute atomic E-state index is 0.0800. The zero-order valence-electron chi connectivity index (χ0n) is 15.6. The molecule has 0 unspecified atom stereocenters. The van der Waals surface area contributed by atoms with Crippen LogP contribution in [-0.4, -0.2) is 20.6 Å². The fourth-order valence-corrected chi connectivity index (χ4v) is 3.16. The second-order valence-electron chi connectivity index (χ2n) is 6.62. The number of benzene rings is 2. The molecule has 0 aliphatic heterocycles. The van der Waals surface area contributed by atoms with Gasteiger partial charge in [-0.3, -0.25) is 14.2 Å². The van der Waals surface area contributed by atoms with E-state index in [1.807, 2.05) is 43.3 Å². The molecule has 0 spiro atoms. The molecule has 0 radical (unpaired) electrons. The number of nitrogens with zero attached hydrogens (tertiary/aromatic N) is 3. The molecule has 29 heavy (non-hydrogen) atoms. The number of halogens is 1. The van der Waals surface area contributed by atoms with E-state index < -0.39 is 0 Å². The maximum atomic E-state index is 12.7. The van der Waals surface area contributed by atoms with Crippen LogP contribution in [0.1, 0.15) is 12.0 Å². The molecule has 2 aromatic heterocycles. The van der Waals surface area contributed by atoms with Gasteiger partial charge in [0.15, 0.2) is 0 Å². The van der Waals surface area contributed by atoms with Crippen LogP contribution < -0.4 is 10.9 Å². The second kappa shape index (κ2) is 8.00. The SMILES string of the molecule is Cc1ccc(-c2noc3c(=O)n(CCC(=O)Nc4ccc(Br)cc4)cnc23)cc1. The highest BCUT2D eigenvalue weighted by atomic mass is 79.9. The lowest BCUT2D eigenvalue weighted by Gasteiger charge is -2.07. The van der Waals surface area contributed by atoms with Crippen LogP contribution in [0.2, 0.25) is 0 Å². The van der Waals surface area contributed by atoms with Crippen LogP contribution in [-0.2, 0) is 11.3 Å². The highest BCUT2D eigenvalue weighted by Gasteiger charge is 2.16. The molecule has 0 saturated heterocycles. The fraction of sp³-hybridized carbons (Fsp3) is 0.143. The average molecular weight is 453 g/mol. The largest absolute Gasteiger partial charge is 0.348 e. The maximum absolute atomic E-state index is 12.7. The monoisotopic (exact) mass is 452 g/mol. The number of hydrogen-bond acceptors (Lipinski definition) is 5. The highest BCUT2D eigenvalue weighted by molar-refractivity contribution is 9.10. The van der Waals surface area contributed by atoms with Gasteiger partial charge in [0.25, 0.3) is 11.1 Å². The molecular formula is C21H17BrN4O3. The second-order valence-corrected chi connectivity index (χ2v) is 7.54. The Balaban J connectivity index is 1.51. The number of fused-ring (bicyclic) bond motifs is 1. The summed E-state index contributed by atoms with van der Waals surface area (Å²) in [5.74, 6) is -0.197. The molecule has 4 rings (SSSR count). The molecule has 146 valence electrons. The first-order valence-electron chi connectivity index (χ1n) is 8.98.